The van der Waals surface area contributed by atoms with Crippen LogP contribution in [0.15, 0.2) is 22.7 Å². The van der Waals surface area contributed by atoms with Crippen molar-refractivity contribution >= 4 is 33.4 Å². The third-order valence-corrected chi connectivity index (χ3v) is 5.24. The van der Waals surface area contributed by atoms with Crippen LogP contribution in [0.3, 0.4) is 0 Å². The summed E-state index contributed by atoms with van der Waals surface area (Å²) in [6.07, 6.45) is 4.30. The fourth-order valence-electron chi connectivity index (χ4n) is 3.45. The van der Waals surface area contributed by atoms with E-state index in [1.165, 1.54) is 0 Å². The van der Waals surface area contributed by atoms with E-state index in [2.05, 4.69) is 15.9 Å². The van der Waals surface area contributed by atoms with Gasteiger partial charge < -0.3 is 9.64 Å². The van der Waals surface area contributed by atoms with Crippen LogP contribution in [0.25, 0.3) is 0 Å². The van der Waals surface area contributed by atoms with E-state index < -0.39 is 0 Å². The van der Waals surface area contributed by atoms with Crippen molar-refractivity contribution in [3.63, 3.8) is 0 Å². The molecule has 0 N–H and O–H groups in total. The van der Waals surface area contributed by atoms with E-state index in [-0.39, 0.29) is 12.0 Å². The number of benzene rings is 1. The number of halogens is 2. The molecule has 0 radical (unpaired) electrons. The number of fused-ring (bicyclic) bond motifs is 2. The molecule has 3 rings (SSSR count). The van der Waals surface area contributed by atoms with Crippen LogP contribution in [0.2, 0.25) is 5.02 Å². The normalized spacial score (nSPS) is 28.8. The van der Waals surface area contributed by atoms with E-state index in [0.717, 1.165) is 30.2 Å². The molecular weight excluding hydrogens is 342 g/mol. The summed E-state index contributed by atoms with van der Waals surface area (Å²) in [5.41, 5.74) is 0.591. The molecule has 2 heterocycles. The largest absolute Gasteiger partial charge is 0.381 e. The van der Waals surface area contributed by atoms with Crippen LogP contribution in [-0.2, 0) is 4.74 Å². The van der Waals surface area contributed by atoms with Crippen LogP contribution in [0.4, 0.5) is 0 Å². The summed E-state index contributed by atoms with van der Waals surface area (Å²) >= 11 is 9.59. The molecule has 2 unspecified atom stereocenters. The van der Waals surface area contributed by atoms with Crippen molar-refractivity contribution in [2.24, 2.45) is 0 Å². The minimum absolute atomic E-state index is 0.0540. The van der Waals surface area contributed by atoms with Gasteiger partial charge in [0, 0.05) is 23.7 Å². The van der Waals surface area contributed by atoms with Gasteiger partial charge in [-0.2, -0.15) is 0 Å². The van der Waals surface area contributed by atoms with E-state index in [0.29, 0.717) is 22.7 Å². The van der Waals surface area contributed by atoms with Crippen LogP contribution in [-0.4, -0.2) is 36.1 Å². The van der Waals surface area contributed by atoms with Gasteiger partial charge in [0.25, 0.3) is 5.91 Å². The SMILES string of the molecule is COC1CC2CCC(C1)N2C(=O)c1cc(Br)ccc1Cl. The van der Waals surface area contributed by atoms with Crippen LogP contribution < -0.4 is 0 Å². The van der Waals surface area contributed by atoms with Gasteiger partial charge in [0.2, 0.25) is 0 Å². The molecule has 2 aliphatic heterocycles. The molecule has 20 heavy (non-hydrogen) atoms. The minimum atomic E-state index is 0.0540. The minimum Gasteiger partial charge on any atom is -0.381 e. The Morgan fingerprint density at radius 3 is 2.60 bits per heavy atom. The van der Waals surface area contributed by atoms with Crippen molar-refractivity contribution in [3.05, 3.63) is 33.3 Å². The highest BCUT2D eigenvalue weighted by Gasteiger charge is 2.43. The molecule has 1 amide bonds. The molecule has 2 saturated heterocycles. The molecule has 5 heteroatoms. The maximum Gasteiger partial charge on any atom is 0.255 e. The Hall–Kier alpha value is -0.580. The van der Waals surface area contributed by atoms with Crippen molar-refractivity contribution in [2.75, 3.05) is 7.11 Å². The smallest absolute Gasteiger partial charge is 0.255 e. The molecule has 2 atom stereocenters. The Morgan fingerprint density at radius 1 is 1.35 bits per heavy atom. The van der Waals surface area contributed by atoms with Gasteiger partial charge in [-0.25, -0.2) is 0 Å². The van der Waals surface area contributed by atoms with Crippen molar-refractivity contribution in [2.45, 2.75) is 43.9 Å². The summed E-state index contributed by atoms with van der Waals surface area (Å²) in [5, 5.41) is 0.520. The number of hydrogen-bond acceptors (Lipinski definition) is 2. The number of nitrogens with zero attached hydrogens (tertiary/aromatic N) is 1. The van der Waals surface area contributed by atoms with Crippen LogP contribution in [0.1, 0.15) is 36.0 Å². The van der Waals surface area contributed by atoms with Gasteiger partial charge in [-0.3, -0.25) is 4.79 Å². The number of carbonyl (C=O) groups is 1. The standard InChI is InChI=1S/C15H17BrClNO2/c1-20-12-7-10-3-4-11(8-12)18(10)15(19)13-6-9(16)2-5-14(13)17/h2,5-6,10-12H,3-4,7-8H2,1H3. The average Bonchev–Trinajstić information content (AvgIpc) is 2.71. The van der Waals surface area contributed by atoms with Crippen molar-refractivity contribution in [1.82, 2.24) is 4.90 Å². The molecule has 0 spiro atoms. The number of amides is 1. The number of methoxy groups -OCH3 is 1. The molecule has 3 nitrogen and oxygen atoms in total. The summed E-state index contributed by atoms with van der Waals surface area (Å²) in [5.74, 6) is 0.0540. The summed E-state index contributed by atoms with van der Waals surface area (Å²) < 4.78 is 6.36. The third kappa shape index (κ3) is 2.49. The number of rotatable bonds is 2. The van der Waals surface area contributed by atoms with E-state index in [9.17, 15) is 4.79 Å². The van der Waals surface area contributed by atoms with Gasteiger partial charge in [-0.1, -0.05) is 27.5 Å². The lowest BCUT2D eigenvalue weighted by Crippen LogP contribution is -2.48. The number of piperidine rings is 1. The summed E-state index contributed by atoms with van der Waals surface area (Å²) in [6, 6.07) is 6.02. The fourth-order valence-corrected chi connectivity index (χ4v) is 4.01. The molecule has 0 aliphatic carbocycles. The second kappa shape index (κ2) is 5.66. The van der Waals surface area contributed by atoms with Gasteiger partial charge in [0.15, 0.2) is 0 Å². The van der Waals surface area contributed by atoms with E-state index in [1.807, 2.05) is 17.0 Å². The van der Waals surface area contributed by atoms with Gasteiger partial charge in [0.1, 0.15) is 0 Å². The Kier molecular flexibility index (Phi) is 4.07. The quantitative estimate of drug-likeness (QED) is 0.803. The highest BCUT2D eigenvalue weighted by Crippen LogP contribution is 2.38. The highest BCUT2D eigenvalue weighted by atomic mass is 79.9. The Balaban J connectivity index is 1.87. The first-order valence-electron chi connectivity index (χ1n) is 6.90. The van der Waals surface area contributed by atoms with Crippen LogP contribution in [0, 0.1) is 0 Å². The molecular formula is C15H17BrClNO2. The van der Waals surface area contributed by atoms with Gasteiger partial charge >= 0.3 is 0 Å². The second-order valence-corrected chi connectivity index (χ2v) is 6.87. The van der Waals surface area contributed by atoms with Crippen molar-refractivity contribution in [1.29, 1.82) is 0 Å². The summed E-state index contributed by atoms with van der Waals surface area (Å²) in [4.78, 5) is 14.8. The van der Waals surface area contributed by atoms with Gasteiger partial charge in [-0.05, 0) is 43.9 Å². The van der Waals surface area contributed by atoms with Crippen LogP contribution in [0.5, 0.6) is 0 Å². The first-order valence-corrected chi connectivity index (χ1v) is 8.07. The molecule has 2 fully saturated rings. The molecule has 0 aromatic heterocycles. The van der Waals surface area contributed by atoms with Crippen molar-refractivity contribution < 1.29 is 9.53 Å². The average molecular weight is 359 g/mol. The number of carbonyl (C=O) groups excluding carboxylic acids is 1. The Bertz CT molecular complexity index is 523. The topological polar surface area (TPSA) is 29.5 Å². The Morgan fingerprint density at radius 2 is 2.00 bits per heavy atom. The predicted molar refractivity (Wildman–Crippen MR) is 82.2 cm³/mol. The second-order valence-electron chi connectivity index (χ2n) is 5.55. The third-order valence-electron chi connectivity index (χ3n) is 4.42. The van der Waals surface area contributed by atoms with E-state index in [4.69, 9.17) is 16.3 Å². The molecule has 1 aromatic rings. The zero-order chi connectivity index (χ0) is 14.3. The van der Waals surface area contributed by atoms with Crippen molar-refractivity contribution in [3.8, 4) is 0 Å². The number of hydrogen-bond donors (Lipinski definition) is 0. The van der Waals surface area contributed by atoms with Gasteiger partial charge in [-0.15, -0.1) is 0 Å². The molecule has 2 bridgehead atoms. The lowest BCUT2D eigenvalue weighted by atomic mass is 9.98. The number of ether oxygens (including phenoxy) is 1. The molecule has 1 aromatic carbocycles. The van der Waals surface area contributed by atoms with Gasteiger partial charge in [0.05, 0.1) is 16.7 Å². The lowest BCUT2D eigenvalue weighted by Gasteiger charge is -2.38. The molecule has 108 valence electrons. The lowest BCUT2D eigenvalue weighted by molar-refractivity contribution is 0.00823. The first-order chi connectivity index (χ1) is 9.60. The zero-order valence-corrected chi connectivity index (χ0v) is 13.7. The van der Waals surface area contributed by atoms with Crippen LogP contribution >= 0.6 is 27.5 Å². The zero-order valence-electron chi connectivity index (χ0n) is 11.3. The predicted octanol–water partition coefficient (Wildman–Crippen LogP) is 3.88. The monoisotopic (exact) mass is 357 g/mol. The molecule has 2 aliphatic rings. The maximum absolute atomic E-state index is 12.8. The Labute approximate surface area is 132 Å². The fraction of sp³-hybridized carbons (Fsp3) is 0.533. The van der Waals surface area contributed by atoms with E-state index >= 15 is 0 Å². The first kappa shape index (κ1) is 14.4. The highest BCUT2D eigenvalue weighted by molar-refractivity contribution is 9.10. The van der Waals surface area contributed by atoms with E-state index in [1.54, 1.807) is 13.2 Å². The summed E-state index contributed by atoms with van der Waals surface area (Å²) in [7, 11) is 1.76. The molecule has 0 saturated carbocycles. The summed E-state index contributed by atoms with van der Waals surface area (Å²) in [6.45, 7) is 0. The maximum atomic E-state index is 12.8.